The van der Waals surface area contributed by atoms with Crippen LogP contribution >= 0.6 is 0 Å². The van der Waals surface area contributed by atoms with E-state index in [9.17, 15) is 9.59 Å². The second-order valence-electron chi connectivity index (χ2n) is 4.66. The number of hydrogen-bond acceptors (Lipinski definition) is 3. The molecule has 5 nitrogen and oxygen atoms in total. The van der Waals surface area contributed by atoms with E-state index < -0.39 is 0 Å². The number of nitrogens with one attached hydrogen (secondary N) is 2. The van der Waals surface area contributed by atoms with Gasteiger partial charge >= 0.3 is 6.09 Å². The van der Waals surface area contributed by atoms with Crippen molar-refractivity contribution in [1.29, 1.82) is 0 Å². The third-order valence-electron chi connectivity index (χ3n) is 3.18. The van der Waals surface area contributed by atoms with Gasteiger partial charge in [-0.3, -0.25) is 4.79 Å². The molecule has 0 bridgehead atoms. The van der Waals surface area contributed by atoms with Crippen molar-refractivity contribution < 1.29 is 14.3 Å². The molecule has 1 saturated carbocycles. The van der Waals surface area contributed by atoms with Gasteiger partial charge in [-0.2, -0.15) is 0 Å². The molecule has 1 saturated heterocycles. The molecule has 2 amide bonds. The Kier molecular flexibility index (Phi) is 2.66. The molecule has 2 aliphatic rings. The number of amides is 2. The molecule has 1 unspecified atom stereocenters. The van der Waals surface area contributed by atoms with E-state index >= 15 is 0 Å². The van der Waals surface area contributed by atoms with E-state index in [0.717, 1.165) is 24.1 Å². The minimum Gasteiger partial charge on any atom is -0.439 e. The zero-order chi connectivity index (χ0) is 12.5. The lowest BCUT2D eigenvalue weighted by Gasteiger charge is -2.09. The first-order valence-electron chi connectivity index (χ1n) is 6.08. The van der Waals surface area contributed by atoms with E-state index in [-0.39, 0.29) is 24.0 Å². The molecule has 0 radical (unpaired) electrons. The summed E-state index contributed by atoms with van der Waals surface area (Å²) in [4.78, 5) is 22.5. The van der Waals surface area contributed by atoms with Gasteiger partial charge in [-0.05, 0) is 30.5 Å². The van der Waals surface area contributed by atoms with Gasteiger partial charge < -0.3 is 15.4 Å². The van der Waals surface area contributed by atoms with Crippen LogP contribution in [0.15, 0.2) is 24.3 Å². The zero-order valence-corrected chi connectivity index (χ0v) is 9.81. The van der Waals surface area contributed by atoms with E-state index in [1.165, 1.54) is 0 Å². The Morgan fingerprint density at radius 3 is 2.56 bits per heavy atom. The third kappa shape index (κ3) is 2.30. The number of alkyl carbamates (subject to hydrolysis) is 1. The molecule has 0 spiro atoms. The van der Waals surface area contributed by atoms with Crippen molar-refractivity contribution in [2.24, 2.45) is 5.92 Å². The van der Waals surface area contributed by atoms with Crippen LogP contribution in [-0.4, -0.2) is 18.5 Å². The summed E-state index contributed by atoms with van der Waals surface area (Å²) in [5.74, 6) is 0.293. The summed E-state index contributed by atoms with van der Waals surface area (Å²) < 4.78 is 5.08. The fourth-order valence-corrected chi connectivity index (χ4v) is 1.95. The van der Waals surface area contributed by atoms with Crippen molar-refractivity contribution in [3.63, 3.8) is 0 Å². The third-order valence-corrected chi connectivity index (χ3v) is 3.18. The Labute approximate surface area is 105 Å². The number of cyclic esters (lactones) is 1. The SMILES string of the molecule is O=C1NCC(c2ccc(NC(=O)C3CC3)cc2)O1. The highest BCUT2D eigenvalue weighted by Crippen LogP contribution is 2.30. The van der Waals surface area contributed by atoms with Gasteiger partial charge in [0, 0.05) is 11.6 Å². The molecule has 1 aromatic rings. The number of carbonyl (C=O) groups excluding carboxylic acids is 2. The van der Waals surface area contributed by atoms with Gasteiger partial charge in [-0.15, -0.1) is 0 Å². The number of rotatable bonds is 3. The molecular weight excluding hydrogens is 232 g/mol. The van der Waals surface area contributed by atoms with Crippen LogP contribution in [0.4, 0.5) is 10.5 Å². The fraction of sp³-hybridized carbons (Fsp3) is 0.385. The standard InChI is InChI=1S/C13H14N2O3/c16-12(9-1-2-9)15-10-5-3-8(4-6-10)11-7-14-13(17)18-11/h3-6,9,11H,1-2,7H2,(H,14,17)(H,15,16). The summed E-state index contributed by atoms with van der Waals surface area (Å²) in [6, 6.07) is 7.41. The second kappa shape index (κ2) is 4.33. The summed E-state index contributed by atoms with van der Waals surface area (Å²) in [6.07, 6.45) is 1.37. The molecule has 1 aromatic carbocycles. The first-order valence-corrected chi connectivity index (χ1v) is 6.08. The quantitative estimate of drug-likeness (QED) is 0.854. The number of anilines is 1. The van der Waals surface area contributed by atoms with Crippen molar-refractivity contribution in [2.75, 3.05) is 11.9 Å². The van der Waals surface area contributed by atoms with Crippen molar-refractivity contribution in [3.8, 4) is 0 Å². The molecular formula is C13H14N2O3. The Morgan fingerprint density at radius 2 is 2.00 bits per heavy atom. The summed E-state index contributed by atoms with van der Waals surface area (Å²) in [5.41, 5.74) is 1.71. The number of carbonyl (C=O) groups is 2. The zero-order valence-electron chi connectivity index (χ0n) is 9.81. The lowest BCUT2D eigenvalue weighted by molar-refractivity contribution is -0.117. The molecule has 1 aliphatic carbocycles. The molecule has 3 rings (SSSR count). The molecule has 18 heavy (non-hydrogen) atoms. The van der Waals surface area contributed by atoms with Gasteiger partial charge in [0.25, 0.3) is 0 Å². The summed E-state index contributed by atoms with van der Waals surface area (Å²) in [6.45, 7) is 0.493. The van der Waals surface area contributed by atoms with E-state index in [1.54, 1.807) is 0 Å². The fourth-order valence-electron chi connectivity index (χ4n) is 1.95. The van der Waals surface area contributed by atoms with Crippen LogP contribution in [0.2, 0.25) is 0 Å². The van der Waals surface area contributed by atoms with Crippen molar-refractivity contribution in [2.45, 2.75) is 18.9 Å². The van der Waals surface area contributed by atoms with Crippen LogP contribution < -0.4 is 10.6 Å². The number of hydrogen-bond donors (Lipinski definition) is 2. The van der Waals surface area contributed by atoms with E-state index in [0.29, 0.717) is 6.54 Å². The number of benzene rings is 1. The van der Waals surface area contributed by atoms with Gasteiger partial charge in [0.2, 0.25) is 5.91 Å². The maximum absolute atomic E-state index is 11.6. The van der Waals surface area contributed by atoms with Gasteiger partial charge in [0.15, 0.2) is 0 Å². The van der Waals surface area contributed by atoms with Gasteiger partial charge in [-0.1, -0.05) is 12.1 Å². The minimum absolute atomic E-state index is 0.0942. The normalized spacial score (nSPS) is 22.2. The highest BCUT2D eigenvalue weighted by molar-refractivity contribution is 5.94. The summed E-state index contributed by atoms with van der Waals surface area (Å²) in [7, 11) is 0. The molecule has 1 aliphatic heterocycles. The lowest BCUT2D eigenvalue weighted by Crippen LogP contribution is -2.13. The van der Waals surface area contributed by atoms with Crippen LogP contribution in [0.3, 0.4) is 0 Å². The minimum atomic E-state index is -0.383. The van der Waals surface area contributed by atoms with E-state index in [1.807, 2.05) is 24.3 Å². The summed E-state index contributed by atoms with van der Waals surface area (Å²) >= 11 is 0. The molecule has 2 N–H and O–H groups in total. The molecule has 5 heteroatoms. The highest BCUT2D eigenvalue weighted by Gasteiger charge is 2.29. The first kappa shape index (κ1) is 11.1. The topological polar surface area (TPSA) is 67.4 Å². The second-order valence-corrected chi connectivity index (χ2v) is 4.66. The van der Waals surface area contributed by atoms with Crippen molar-refractivity contribution in [1.82, 2.24) is 5.32 Å². The Hall–Kier alpha value is -2.04. The Bertz CT molecular complexity index is 480. The Morgan fingerprint density at radius 1 is 1.28 bits per heavy atom. The molecule has 1 atom stereocenters. The molecule has 0 aromatic heterocycles. The van der Waals surface area contributed by atoms with Gasteiger partial charge in [-0.25, -0.2) is 4.79 Å². The van der Waals surface area contributed by atoms with E-state index in [2.05, 4.69) is 10.6 Å². The van der Waals surface area contributed by atoms with Crippen LogP contribution in [-0.2, 0) is 9.53 Å². The number of ether oxygens (including phenoxy) is 1. The van der Waals surface area contributed by atoms with Crippen LogP contribution in [0.25, 0.3) is 0 Å². The van der Waals surface area contributed by atoms with Crippen molar-refractivity contribution in [3.05, 3.63) is 29.8 Å². The van der Waals surface area contributed by atoms with Crippen LogP contribution in [0.1, 0.15) is 24.5 Å². The predicted octanol–water partition coefficient (Wildman–Crippen LogP) is 1.82. The van der Waals surface area contributed by atoms with Crippen LogP contribution in [0.5, 0.6) is 0 Å². The molecule has 94 valence electrons. The van der Waals surface area contributed by atoms with Gasteiger partial charge in [0.05, 0.1) is 6.54 Å². The van der Waals surface area contributed by atoms with Crippen molar-refractivity contribution >= 4 is 17.7 Å². The monoisotopic (exact) mass is 246 g/mol. The smallest absolute Gasteiger partial charge is 0.407 e. The largest absolute Gasteiger partial charge is 0.439 e. The molecule has 2 fully saturated rings. The Balaban J connectivity index is 1.65. The predicted molar refractivity (Wildman–Crippen MR) is 65.0 cm³/mol. The maximum atomic E-state index is 11.6. The first-order chi connectivity index (χ1) is 8.72. The average molecular weight is 246 g/mol. The van der Waals surface area contributed by atoms with Crippen LogP contribution in [0, 0.1) is 5.92 Å². The maximum Gasteiger partial charge on any atom is 0.407 e. The van der Waals surface area contributed by atoms with E-state index in [4.69, 9.17) is 4.74 Å². The van der Waals surface area contributed by atoms with Gasteiger partial charge in [0.1, 0.15) is 6.10 Å². The lowest BCUT2D eigenvalue weighted by atomic mass is 10.1. The summed E-state index contributed by atoms with van der Waals surface area (Å²) in [5, 5.41) is 5.48. The average Bonchev–Trinajstić information content (AvgIpc) is 3.13. The highest BCUT2D eigenvalue weighted by atomic mass is 16.6. The molecule has 1 heterocycles.